The molecule has 4 heteroatoms. The average Bonchev–Trinajstić information content (AvgIpc) is 2.92. The Bertz CT molecular complexity index is 541. The summed E-state index contributed by atoms with van der Waals surface area (Å²) in [6.45, 7) is 3.17. The Balaban J connectivity index is 2.19. The molecule has 0 fully saturated rings. The van der Waals surface area contributed by atoms with Gasteiger partial charge in [-0.15, -0.1) is 11.3 Å². The van der Waals surface area contributed by atoms with Gasteiger partial charge in [0.1, 0.15) is 5.75 Å². The van der Waals surface area contributed by atoms with Gasteiger partial charge in [0.25, 0.3) is 0 Å². The highest BCUT2D eigenvalue weighted by molar-refractivity contribution is 7.10. The van der Waals surface area contributed by atoms with Gasteiger partial charge in [-0.2, -0.15) is 0 Å². The molecule has 0 saturated heterocycles. The monoisotopic (exact) mass is 309 g/mol. The van der Waals surface area contributed by atoms with E-state index in [4.69, 9.17) is 16.3 Å². The summed E-state index contributed by atoms with van der Waals surface area (Å²) in [6, 6.07) is 10.3. The highest BCUT2D eigenvalue weighted by atomic mass is 35.5. The molecule has 1 aromatic carbocycles. The van der Waals surface area contributed by atoms with Gasteiger partial charge in [0.15, 0.2) is 0 Å². The molecule has 108 valence electrons. The lowest BCUT2D eigenvalue weighted by atomic mass is 10.0. The molecule has 0 aliphatic rings. The Kier molecular flexibility index (Phi) is 5.89. The zero-order chi connectivity index (χ0) is 14.4. The number of nitrogens with one attached hydrogen (secondary N) is 1. The maximum atomic E-state index is 6.07. The fourth-order valence-corrected chi connectivity index (χ4v) is 3.36. The molecule has 1 N–H and O–H groups in total. The second-order valence-corrected chi connectivity index (χ2v) is 6.08. The van der Waals surface area contributed by atoms with Gasteiger partial charge in [-0.25, -0.2) is 0 Å². The van der Waals surface area contributed by atoms with Crippen molar-refractivity contribution in [1.82, 2.24) is 5.32 Å². The molecule has 0 aliphatic carbocycles. The van der Waals surface area contributed by atoms with E-state index in [9.17, 15) is 0 Å². The number of ether oxygens (including phenoxy) is 1. The minimum atomic E-state index is 0.267. The molecule has 0 amide bonds. The first kappa shape index (κ1) is 15.4. The molecular weight excluding hydrogens is 290 g/mol. The summed E-state index contributed by atoms with van der Waals surface area (Å²) in [5.74, 6) is 0.964. The maximum Gasteiger partial charge on any atom is 0.134 e. The van der Waals surface area contributed by atoms with Crippen LogP contribution in [0.1, 0.15) is 29.8 Å². The van der Waals surface area contributed by atoms with Gasteiger partial charge in [0.05, 0.1) is 12.0 Å². The van der Waals surface area contributed by atoms with Crippen molar-refractivity contribution in [3.63, 3.8) is 0 Å². The Labute approximate surface area is 129 Å². The van der Waals surface area contributed by atoms with Crippen molar-refractivity contribution >= 4 is 22.9 Å². The number of benzene rings is 1. The van der Waals surface area contributed by atoms with Crippen LogP contribution in [0.5, 0.6) is 5.75 Å². The van der Waals surface area contributed by atoms with Gasteiger partial charge in [0, 0.05) is 11.1 Å². The second kappa shape index (κ2) is 7.67. The van der Waals surface area contributed by atoms with Gasteiger partial charge in [0.2, 0.25) is 0 Å². The fraction of sp³-hybridized carbons (Fsp3) is 0.375. The minimum absolute atomic E-state index is 0.267. The first-order valence-corrected chi connectivity index (χ1v) is 8.09. The summed E-state index contributed by atoms with van der Waals surface area (Å²) in [4.78, 5) is 1.25. The van der Waals surface area contributed by atoms with Crippen LogP contribution in [0.25, 0.3) is 0 Å². The number of methoxy groups -OCH3 is 1. The van der Waals surface area contributed by atoms with Crippen molar-refractivity contribution in [2.24, 2.45) is 0 Å². The third-order valence-electron chi connectivity index (χ3n) is 3.16. The minimum Gasteiger partial charge on any atom is -0.496 e. The quantitative estimate of drug-likeness (QED) is 0.801. The van der Waals surface area contributed by atoms with Crippen LogP contribution >= 0.6 is 22.9 Å². The molecule has 0 saturated carbocycles. The molecule has 1 atom stereocenters. The summed E-state index contributed by atoms with van der Waals surface area (Å²) in [6.07, 6.45) is 2.02. The standard InChI is InChI=1S/C16H20ClNOS/c1-3-8-18-14(16-15(19-2)7-9-20-16)11-12-5-4-6-13(17)10-12/h4-7,9-10,14,18H,3,8,11H2,1-2H3. The SMILES string of the molecule is CCCNC(Cc1cccc(Cl)c1)c1sccc1OC. The van der Waals surface area contributed by atoms with Crippen molar-refractivity contribution in [3.8, 4) is 5.75 Å². The molecule has 1 unspecified atom stereocenters. The lowest BCUT2D eigenvalue weighted by Gasteiger charge is -2.19. The zero-order valence-electron chi connectivity index (χ0n) is 11.9. The Hall–Kier alpha value is -1.03. The van der Waals surface area contributed by atoms with Gasteiger partial charge < -0.3 is 10.1 Å². The highest BCUT2D eigenvalue weighted by Gasteiger charge is 2.17. The molecule has 0 radical (unpaired) electrons. The molecule has 0 spiro atoms. The molecule has 1 aromatic heterocycles. The van der Waals surface area contributed by atoms with Gasteiger partial charge >= 0.3 is 0 Å². The van der Waals surface area contributed by atoms with Crippen molar-refractivity contribution in [1.29, 1.82) is 0 Å². The first-order valence-electron chi connectivity index (χ1n) is 6.83. The van der Waals surface area contributed by atoms with E-state index >= 15 is 0 Å². The molecule has 2 rings (SSSR count). The van der Waals surface area contributed by atoms with Gasteiger partial charge in [-0.05, 0) is 48.5 Å². The zero-order valence-corrected chi connectivity index (χ0v) is 13.4. The maximum absolute atomic E-state index is 6.07. The normalized spacial score (nSPS) is 12.3. The van der Waals surface area contributed by atoms with Crippen LogP contribution < -0.4 is 10.1 Å². The van der Waals surface area contributed by atoms with Crippen LogP contribution in [0.2, 0.25) is 5.02 Å². The summed E-state index contributed by atoms with van der Waals surface area (Å²) in [5.41, 5.74) is 1.24. The predicted molar refractivity (Wildman–Crippen MR) is 87.1 cm³/mol. The molecule has 0 aliphatic heterocycles. The third-order valence-corrected chi connectivity index (χ3v) is 4.41. The Morgan fingerprint density at radius 1 is 1.35 bits per heavy atom. The van der Waals surface area contributed by atoms with Crippen LogP contribution in [0.4, 0.5) is 0 Å². The van der Waals surface area contributed by atoms with E-state index in [-0.39, 0.29) is 6.04 Å². The fourth-order valence-electron chi connectivity index (χ4n) is 2.21. The molecule has 1 heterocycles. The van der Waals surface area contributed by atoms with E-state index in [1.54, 1.807) is 18.4 Å². The van der Waals surface area contributed by atoms with Crippen molar-refractivity contribution in [3.05, 3.63) is 51.2 Å². The highest BCUT2D eigenvalue weighted by Crippen LogP contribution is 2.33. The number of hydrogen-bond acceptors (Lipinski definition) is 3. The van der Waals surface area contributed by atoms with Crippen molar-refractivity contribution in [2.45, 2.75) is 25.8 Å². The summed E-state index contributed by atoms with van der Waals surface area (Å²) >= 11 is 7.81. The van der Waals surface area contributed by atoms with Crippen LogP contribution in [-0.4, -0.2) is 13.7 Å². The number of rotatable bonds is 7. The smallest absolute Gasteiger partial charge is 0.134 e. The van der Waals surface area contributed by atoms with Crippen LogP contribution in [0, 0.1) is 0 Å². The predicted octanol–water partition coefficient (Wildman–Crippen LogP) is 4.69. The lowest BCUT2D eigenvalue weighted by molar-refractivity contribution is 0.402. The lowest BCUT2D eigenvalue weighted by Crippen LogP contribution is -2.23. The summed E-state index contributed by atoms with van der Waals surface area (Å²) in [5, 5.41) is 6.46. The topological polar surface area (TPSA) is 21.3 Å². The average molecular weight is 310 g/mol. The van der Waals surface area contributed by atoms with E-state index in [2.05, 4.69) is 23.7 Å². The van der Waals surface area contributed by atoms with E-state index < -0.39 is 0 Å². The van der Waals surface area contributed by atoms with Crippen molar-refractivity contribution in [2.75, 3.05) is 13.7 Å². The number of hydrogen-bond donors (Lipinski definition) is 1. The van der Waals surface area contributed by atoms with E-state index in [0.717, 1.165) is 30.2 Å². The van der Waals surface area contributed by atoms with Gasteiger partial charge in [-0.1, -0.05) is 30.7 Å². The van der Waals surface area contributed by atoms with Crippen LogP contribution in [-0.2, 0) is 6.42 Å². The largest absolute Gasteiger partial charge is 0.496 e. The van der Waals surface area contributed by atoms with E-state index in [1.165, 1.54) is 10.4 Å². The van der Waals surface area contributed by atoms with Crippen LogP contribution in [0.3, 0.4) is 0 Å². The van der Waals surface area contributed by atoms with Crippen molar-refractivity contribution < 1.29 is 4.74 Å². The molecule has 2 aromatic rings. The first-order chi connectivity index (χ1) is 9.74. The molecule has 20 heavy (non-hydrogen) atoms. The van der Waals surface area contributed by atoms with E-state index in [1.807, 2.05) is 24.3 Å². The van der Waals surface area contributed by atoms with Crippen LogP contribution in [0.15, 0.2) is 35.7 Å². The third kappa shape index (κ3) is 3.98. The molecular formula is C16H20ClNOS. The Morgan fingerprint density at radius 3 is 2.90 bits per heavy atom. The Morgan fingerprint density at radius 2 is 2.20 bits per heavy atom. The summed E-state index contributed by atoms with van der Waals surface area (Å²) < 4.78 is 5.45. The number of thiophene rings is 1. The number of halogens is 1. The molecule has 2 nitrogen and oxygen atoms in total. The molecule has 0 bridgehead atoms. The van der Waals surface area contributed by atoms with Gasteiger partial charge in [-0.3, -0.25) is 0 Å². The van der Waals surface area contributed by atoms with E-state index in [0.29, 0.717) is 0 Å². The summed E-state index contributed by atoms with van der Waals surface area (Å²) in [7, 11) is 1.72. The second-order valence-electron chi connectivity index (χ2n) is 4.69.